The van der Waals surface area contributed by atoms with E-state index >= 15 is 0 Å². The summed E-state index contributed by atoms with van der Waals surface area (Å²) in [5.41, 5.74) is 2.95. The van der Waals surface area contributed by atoms with E-state index in [-0.39, 0.29) is 19.1 Å². The third-order valence-electron chi connectivity index (χ3n) is 4.98. The lowest BCUT2D eigenvalue weighted by atomic mass is 10.2. The van der Waals surface area contributed by atoms with E-state index in [4.69, 9.17) is 21.8 Å². The van der Waals surface area contributed by atoms with Gasteiger partial charge in [0.15, 0.2) is 5.17 Å². The normalized spacial score (nSPS) is 15.8. The molecule has 2 heterocycles. The van der Waals surface area contributed by atoms with Crippen molar-refractivity contribution < 1.29 is 15.0 Å². The Kier molecular flexibility index (Phi) is 11.1. The van der Waals surface area contributed by atoms with Gasteiger partial charge in [0.2, 0.25) is 0 Å². The molecule has 0 aliphatic carbocycles. The number of hydrogen-bond acceptors (Lipinski definition) is 7. The van der Waals surface area contributed by atoms with E-state index in [1.54, 1.807) is 25.6 Å². The van der Waals surface area contributed by atoms with Crippen LogP contribution in [0.4, 0.5) is 17.1 Å². The summed E-state index contributed by atoms with van der Waals surface area (Å²) in [4.78, 5) is 23.4. The molecular formula is C28H30ClN3O3S2. The SMILES string of the molecule is CCN1/C(=C2/SC(N(c3ccccc3)c3ccccc3)=NC2=O)Sc2ccc(Cl)cc21.CCO.CCO. The van der Waals surface area contributed by atoms with Crippen LogP contribution in [-0.2, 0) is 4.79 Å². The molecule has 0 saturated heterocycles. The molecule has 2 aliphatic heterocycles. The summed E-state index contributed by atoms with van der Waals surface area (Å²) >= 11 is 9.24. The fourth-order valence-electron chi connectivity index (χ4n) is 3.59. The van der Waals surface area contributed by atoms with Gasteiger partial charge in [0.1, 0.15) is 9.93 Å². The van der Waals surface area contributed by atoms with Gasteiger partial charge in [0, 0.05) is 41.1 Å². The number of thioether (sulfide) groups is 2. The van der Waals surface area contributed by atoms with Crippen molar-refractivity contribution in [3.05, 3.63) is 93.8 Å². The van der Waals surface area contributed by atoms with E-state index in [1.165, 1.54) is 11.8 Å². The highest BCUT2D eigenvalue weighted by Gasteiger charge is 2.36. The third kappa shape index (κ3) is 6.97. The highest BCUT2D eigenvalue weighted by molar-refractivity contribution is 8.19. The first kappa shape index (κ1) is 28.8. The summed E-state index contributed by atoms with van der Waals surface area (Å²) in [5.74, 6) is -0.211. The fraction of sp³-hybridized carbons (Fsp3) is 0.214. The van der Waals surface area contributed by atoms with E-state index in [2.05, 4.69) is 16.8 Å². The van der Waals surface area contributed by atoms with Crippen LogP contribution in [-0.4, -0.2) is 41.0 Å². The molecule has 0 fully saturated rings. The second kappa shape index (κ2) is 14.3. The van der Waals surface area contributed by atoms with Gasteiger partial charge in [-0.25, -0.2) is 0 Å². The molecule has 3 aromatic carbocycles. The van der Waals surface area contributed by atoms with Crippen LogP contribution in [0, 0.1) is 0 Å². The minimum Gasteiger partial charge on any atom is -0.397 e. The number of nitrogens with zero attached hydrogens (tertiary/aromatic N) is 3. The molecule has 0 bridgehead atoms. The van der Waals surface area contributed by atoms with Gasteiger partial charge in [-0.3, -0.25) is 9.69 Å². The Morgan fingerprint density at radius 1 is 0.865 bits per heavy atom. The minimum atomic E-state index is -0.211. The average Bonchev–Trinajstić information content (AvgIpc) is 3.45. The Bertz CT molecular complexity index is 1210. The summed E-state index contributed by atoms with van der Waals surface area (Å²) < 4.78 is 0. The van der Waals surface area contributed by atoms with Crippen LogP contribution in [0.2, 0.25) is 5.02 Å². The number of aliphatic imine (C=N–C) groups is 1. The van der Waals surface area contributed by atoms with Crippen molar-refractivity contribution in [3.63, 3.8) is 0 Å². The van der Waals surface area contributed by atoms with Crippen molar-refractivity contribution in [1.29, 1.82) is 0 Å². The Balaban J connectivity index is 0.000000580. The Labute approximate surface area is 231 Å². The number of fused-ring (bicyclic) bond motifs is 1. The van der Waals surface area contributed by atoms with Crippen LogP contribution in [0.15, 0.2) is 98.7 Å². The summed E-state index contributed by atoms with van der Waals surface area (Å²) in [5, 5.41) is 17.4. The summed E-state index contributed by atoms with van der Waals surface area (Å²) in [6.07, 6.45) is 0. The van der Waals surface area contributed by atoms with Crippen LogP contribution in [0.1, 0.15) is 20.8 Å². The van der Waals surface area contributed by atoms with Gasteiger partial charge < -0.3 is 15.1 Å². The number of amidine groups is 1. The number of carbonyl (C=O) groups is 1. The van der Waals surface area contributed by atoms with Crippen molar-refractivity contribution >= 4 is 63.3 Å². The van der Waals surface area contributed by atoms with Gasteiger partial charge >= 0.3 is 0 Å². The number of amides is 1. The lowest BCUT2D eigenvalue weighted by molar-refractivity contribution is -0.113. The van der Waals surface area contributed by atoms with Gasteiger partial charge in [0.25, 0.3) is 5.91 Å². The third-order valence-corrected chi connectivity index (χ3v) is 7.55. The maximum Gasteiger partial charge on any atom is 0.289 e. The maximum atomic E-state index is 13.1. The van der Waals surface area contributed by atoms with Gasteiger partial charge in [-0.1, -0.05) is 59.8 Å². The lowest BCUT2D eigenvalue weighted by Gasteiger charge is -2.24. The summed E-state index contributed by atoms with van der Waals surface area (Å²) in [7, 11) is 0. The molecule has 0 atom stereocenters. The number of hydrogen-bond donors (Lipinski definition) is 2. The molecule has 2 N–H and O–H groups in total. The Morgan fingerprint density at radius 2 is 1.41 bits per heavy atom. The van der Waals surface area contributed by atoms with Crippen molar-refractivity contribution in [3.8, 4) is 0 Å². The predicted molar refractivity (Wildman–Crippen MR) is 158 cm³/mol. The molecule has 6 nitrogen and oxygen atoms in total. The maximum absolute atomic E-state index is 13.1. The van der Waals surface area contributed by atoms with Gasteiger partial charge in [-0.05, 0) is 75.0 Å². The van der Waals surface area contributed by atoms with Crippen LogP contribution in [0.25, 0.3) is 0 Å². The molecule has 0 radical (unpaired) electrons. The lowest BCUT2D eigenvalue weighted by Crippen LogP contribution is -2.22. The van der Waals surface area contributed by atoms with Crippen LogP contribution in [0.5, 0.6) is 0 Å². The topological polar surface area (TPSA) is 76.4 Å². The van der Waals surface area contributed by atoms with Crippen LogP contribution >= 0.6 is 35.1 Å². The van der Waals surface area contributed by atoms with Crippen LogP contribution in [0.3, 0.4) is 0 Å². The van der Waals surface area contributed by atoms with Crippen molar-refractivity contribution in [2.45, 2.75) is 25.7 Å². The number of anilines is 3. The average molecular weight is 556 g/mol. The molecule has 0 unspecified atom stereocenters. The largest absolute Gasteiger partial charge is 0.397 e. The number of benzene rings is 3. The second-order valence-corrected chi connectivity index (χ2v) is 9.98. The number of halogens is 1. The first-order valence-corrected chi connectivity index (χ1v) is 13.9. The molecule has 194 valence electrons. The fourth-order valence-corrected chi connectivity index (χ4v) is 6.09. The van der Waals surface area contributed by atoms with E-state index in [0.29, 0.717) is 15.1 Å². The molecule has 5 rings (SSSR count). The number of carbonyl (C=O) groups excluding carboxylic acids is 1. The van der Waals surface area contributed by atoms with E-state index in [1.807, 2.05) is 83.8 Å². The highest BCUT2D eigenvalue weighted by atomic mass is 35.5. The minimum absolute atomic E-state index is 0.211. The highest BCUT2D eigenvalue weighted by Crippen LogP contribution is 2.51. The van der Waals surface area contributed by atoms with E-state index in [9.17, 15) is 4.79 Å². The van der Waals surface area contributed by atoms with E-state index < -0.39 is 0 Å². The van der Waals surface area contributed by atoms with Gasteiger partial charge in [-0.15, -0.1) is 0 Å². The first-order valence-electron chi connectivity index (χ1n) is 11.9. The number of rotatable bonds is 3. The summed E-state index contributed by atoms with van der Waals surface area (Å²) in [6.45, 7) is 6.67. The molecule has 0 aromatic heterocycles. The molecule has 9 heteroatoms. The quantitative estimate of drug-likeness (QED) is 0.340. The Morgan fingerprint density at radius 3 is 1.92 bits per heavy atom. The molecule has 0 saturated carbocycles. The Hall–Kier alpha value is -2.75. The van der Waals surface area contributed by atoms with Crippen LogP contribution < -0.4 is 9.80 Å². The smallest absolute Gasteiger partial charge is 0.289 e. The molecule has 1 amide bonds. The monoisotopic (exact) mass is 555 g/mol. The van der Waals surface area contributed by atoms with Gasteiger partial charge in [-0.2, -0.15) is 4.99 Å². The molecule has 37 heavy (non-hydrogen) atoms. The van der Waals surface area contributed by atoms with E-state index in [0.717, 1.165) is 33.5 Å². The molecule has 2 aliphatic rings. The zero-order valence-electron chi connectivity index (χ0n) is 21.0. The number of aliphatic hydroxyl groups excluding tert-OH is 2. The number of aliphatic hydroxyl groups is 2. The second-order valence-electron chi connectivity index (χ2n) is 7.53. The van der Waals surface area contributed by atoms with Crippen molar-refractivity contribution in [1.82, 2.24) is 0 Å². The van der Waals surface area contributed by atoms with Gasteiger partial charge in [0.05, 0.1) is 5.69 Å². The zero-order chi connectivity index (χ0) is 26.8. The molecule has 3 aromatic rings. The molecule has 0 spiro atoms. The summed E-state index contributed by atoms with van der Waals surface area (Å²) in [6, 6.07) is 25.8. The predicted octanol–water partition coefficient (Wildman–Crippen LogP) is 6.91. The van der Waals surface area contributed by atoms with Crippen molar-refractivity contribution in [2.24, 2.45) is 4.99 Å². The first-order chi connectivity index (χ1) is 18.0. The standard InChI is InChI=1S/C24H18ClN3OS2.2C2H6O/c1-2-27-19-15-16(25)13-14-20(19)30-23(27)21-22(29)26-24(31-21)28(17-9-5-3-6-10-17)18-11-7-4-8-12-18;2*1-2-3/h3-15H,2H2,1H3;2*3H,2H2,1H3/b23-21-;;. The molecular weight excluding hydrogens is 526 g/mol. The van der Waals surface area contributed by atoms with Crippen molar-refractivity contribution in [2.75, 3.05) is 29.6 Å². The number of para-hydroxylation sites is 2. The zero-order valence-corrected chi connectivity index (χ0v) is 23.4.